The van der Waals surface area contributed by atoms with Crippen LogP contribution < -0.4 is 15.4 Å². The smallest absolute Gasteiger partial charge is 0.407 e. The molecule has 0 saturated heterocycles. The monoisotopic (exact) mass is 651 g/mol. The molecule has 1 aliphatic carbocycles. The quantitative estimate of drug-likeness (QED) is 0.129. The molecule has 1 fully saturated rings. The number of benzene rings is 1. The van der Waals surface area contributed by atoms with E-state index < -0.39 is 43.7 Å². The van der Waals surface area contributed by atoms with Crippen LogP contribution in [0.2, 0.25) is 18.1 Å². The van der Waals surface area contributed by atoms with Gasteiger partial charge in [-0.05, 0) is 95.6 Å². The Bertz CT molecular complexity index is 1140. The van der Waals surface area contributed by atoms with Gasteiger partial charge in [-0.1, -0.05) is 38.1 Å². The average molecular weight is 652 g/mol. The predicted octanol–water partition coefficient (Wildman–Crippen LogP) is 6.73. The Balaban J connectivity index is 2.41. The number of rotatable bonds is 12. The molecule has 12 heteroatoms. The minimum atomic E-state index is -2.35. The van der Waals surface area contributed by atoms with Crippen LogP contribution in [0.1, 0.15) is 74.3 Å². The fourth-order valence-corrected chi connectivity index (χ4v) is 6.36. The van der Waals surface area contributed by atoms with Crippen molar-refractivity contribution in [3.8, 4) is 5.75 Å². The maximum Gasteiger partial charge on any atom is 0.407 e. The Morgan fingerprint density at radius 3 is 1.93 bits per heavy atom. The van der Waals surface area contributed by atoms with Crippen molar-refractivity contribution in [1.29, 1.82) is 0 Å². The Hall–Kier alpha value is -2.83. The maximum atomic E-state index is 12.7. The summed E-state index contributed by atoms with van der Waals surface area (Å²) in [5.41, 5.74) is 0.199. The zero-order valence-electron chi connectivity index (χ0n) is 29.4. The van der Waals surface area contributed by atoms with Gasteiger partial charge in [-0.15, -0.1) is 0 Å². The third kappa shape index (κ3) is 12.5. The largest absolute Gasteiger partial charge is 0.497 e. The van der Waals surface area contributed by atoms with Crippen molar-refractivity contribution < 1.29 is 38.2 Å². The van der Waals surface area contributed by atoms with E-state index in [4.69, 9.17) is 23.4 Å². The van der Waals surface area contributed by atoms with Crippen molar-refractivity contribution in [2.75, 3.05) is 26.8 Å². The number of alkyl carbamates (subject to hydrolysis) is 2. The number of nitrogens with one attached hydrogen (secondary N) is 2. The first-order chi connectivity index (χ1) is 20.7. The van der Waals surface area contributed by atoms with Crippen molar-refractivity contribution in [3.05, 3.63) is 29.8 Å². The molecule has 2 amide bonds. The summed E-state index contributed by atoms with van der Waals surface area (Å²) in [6, 6.07) is 7.67. The predicted molar refractivity (Wildman–Crippen MR) is 178 cm³/mol. The number of hydrogen-bond acceptors (Lipinski definition) is 9. The Labute approximate surface area is 270 Å². The van der Waals surface area contributed by atoms with Crippen molar-refractivity contribution >= 4 is 26.2 Å². The normalized spacial score (nSPS) is 20.9. The number of carbonyl (C=O) groups is 2. The van der Waals surface area contributed by atoms with Gasteiger partial charge in [0.15, 0.2) is 8.32 Å². The van der Waals surface area contributed by atoms with Gasteiger partial charge in [-0.2, -0.15) is 0 Å². The van der Waals surface area contributed by atoms with E-state index in [0.29, 0.717) is 18.7 Å². The second-order valence-corrected chi connectivity index (χ2v) is 20.0. The zero-order chi connectivity index (χ0) is 34.2. The molecule has 45 heavy (non-hydrogen) atoms. The van der Waals surface area contributed by atoms with Crippen LogP contribution in [0.3, 0.4) is 0 Å². The lowest BCUT2D eigenvalue weighted by molar-refractivity contribution is 0.00463. The molecule has 0 aromatic heterocycles. The number of oxime groups is 1. The molecule has 0 heterocycles. The van der Waals surface area contributed by atoms with Crippen molar-refractivity contribution in [3.63, 3.8) is 0 Å². The molecule has 1 aliphatic rings. The van der Waals surface area contributed by atoms with Gasteiger partial charge >= 0.3 is 12.2 Å². The summed E-state index contributed by atoms with van der Waals surface area (Å²) in [5, 5.41) is 19.7. The molecule has 11 nitrogen and oxygen atoms in total. The van der Waals surface area contributed by atoms with Crippen LogP contribution >= 0.6 is 0 Å². The third-order valence-corrected chi connectivity index (χ3v) is 12.7. The molecule has 0 radical (unpaired) electrons. The lowest BCUT2D eigenvalue weighted by atomic mass is 9.85. The van der Waals surface area contributed by atoms with Gasteiger partial charge in [0.1, 0.15) is 17.0 Å². The molecular weight excluding hydrogens is 594 g/mol. The molecule has 0 bridgehead atoms. The number of amides is 2. The summed E-state index contributed by atoms with van der Waals surface area (Å²) in [5.74, 6) is -0.0902. The summed E-state index contributed by atoms with van der Waals surface area (Å²) in [6.07, 6.45) is -1.17. The van der Waals surface area contributed by atoms with Crippen LogP contribution in [0.4, 0.5) is 9.59 Å². The van der Waals surface area contributed by atoms with E-state index in [1.54, 1.807) is 48.7 Å². The molecule has 1 aromatic rings. The van der Waals surface area contributed by atoms with E-state index in [0.717, 1.165) is 11.3 Å². The van der Waals surface area contributed by atoms with Gasteiger partial charge in [-0.25, -0.2) is 9.59 Å². The van der Waals surface area contributed by atoms with Crippen LogP contribution in [-0.4, -0.2) is 75.5 Å². The molecule has 256 valence electrons. The van der Waals surface area contributed by atoms with E-state index >= 15 is 0 Å². The van der Waals surface area contributed by atoms with Crippen LogP contribution in [0.15, 0.2) is 29.4 Å². The SMILES string of the molecule is COc1ccc(COC[C@H](O[Si](C)(C)C(C)(C)C)[C@H]2/C(=N\O)C[C@@H](CNC(=O)OC(C)(C)C)[C@@H]2CNC(=O)OC(C)(C)C)cc1. The van der Waals surface area contributed by atoms with Gasteiger partial charge in [0.05, 0.1) is 32.1 Å². The molecule has 2 rings (SSSR count). The molecule has 0 aliphatic heterocycles. The Morgan fingerprint density at radius 1 is 0.933 bits per heavy atom. The lowest BCUT2D eigenvalue weighted by Gasteiger charge is -2.42. The third-order valence-electron chi connectivity index (χ3n) is 8.20. The van der Waals surface area contributed by atoms with E-state index in [2.05, 4.69) is 49.7 Å². The zero-order valence-corrected chi connectivity index (χ0v) is 30.4. The molecule has 0 spiro atoms. The lowest BCUT2D eigenvalue weighted by Crippen LogP contribution is -2.50. The Kier molecular flexibility index (Phi) is 13.3. The molecular formula is C33H57N3O8Si. The highest BCUT2D eigenvalue weighted by Crippen LogP contribution is 2.43. The van der Waals surface area contributed by atoms with Crippen LogP contribution in [-0.2, 0) is 25.2 Å². The van der Waals surface area contributed by atoms with Gasteiger partial charge in [0.2, 0.25) is 0 Å². The highest BCUT2D eigenvalue weighted by atomic mass is 28.4. The second-order valence-electron chi connectivity index (χ2n) is 15.3. The molecule has 3 N–H and O–H groups in total. The van der Waals surface area contributed by atoms with Crippen LogP contribution in [0, 0.1) is 17.8 Å². The van der Waals surface area contributed by atoms with Gasteiger partial charge < -0.3 is 39.2 Å². The highest BCUT2D eigenvalue weighted by molar-refractivity contribution is 6.74. The molecule has 0 unspecified atom stereocenters. The summed E-state index contributed by atoms with van der Waals surface area (Å²) >= 11 is 0. The van der Waals surface area contributed by atoms with E-state index in [-0.39, 0.29) is 36.6 Å². The van der Waals surface area contributed by atoms with Crippen molar-refractivity contribution in [2.45, 2.75) is 111 Å². The van der Waals surface area contributed by atoms with Gasteiger partial charge in [0.25, 0.3) is 0 Å². The number of methoxy groups -OCH3 is 1. The minimum Gasteiger partial charge on any atom is -0.497 e. The standard InChI is InChI=1S/C33H57N3O8Si/c1-31(2,3)42-29(37)34-18-23-17-26(36-39)28(25(23)19-35-30(38)43-32(4,5)6)27(44-45(11,12)33(7,8)9)21-41-20-22-13-15-24(40-10)16-14-22/h13-16,23,25,27-28,39H,17-21H2,1-12H3,(H,34,37)(H,35,38)/b36-26-/t23-,25-,27-,28+/m0/s1. The number of hydrogen-bond donors (Lipinski definition) is 3. The van der Waals surface area contributed by atoms with Gasteiger partial charge in [-0.3, -0.25) is 0 Å². The number of nitrogens with zero attached hydrogens (tertiary/aromatic N) is 1. The topological polar surface area (TPSA) is 137 Å². The summed E-state index contributed by atoms with van der Waals surface area (Å²) in [6.45, 7) is 22.7. The van der Waals surface area contributed by atoms with E-state index in [1.165, 1.54) is 0 Å². The first kappa shape index (κ1) is 38.4. The summed E-state index contributed by atoms with van der Waals surface area (Å²) < 4.78 is 29.5. The molecule has 4 atom stereocenters. The second kappa shape index (κ2) is 15.6. The average Bonchev–Trinajstić information content (AvgIpc) is 3.25. The fourth-order valence-electron chi connectivity index (χ4n) is 5.04. The fraction of sp³-hybridized carbons (Fsp3) is 0.727. The van der Waals surface area contributed by atoms with Crippen LogP contribution in [0.25, 0.3) is 0 Å². The number of carbonyl (C=O) groups excluding carboxylic acids is 2. The molecule has 1 saturated carbocycles. The Morgan fingerprint density at radius 2 is 1.47 bits per heavy atom. The number of ether oxygens (including phenoxy) is 4. The first-order valence-corrected chi connectivity index (χ1v) is 18.6. The maximum absolute atomic E-state index is 12.7. The van der Waals surface area contributed by atoms with E-state index in [1.807, 2.05) is 24.3 Å². The summed E-state index contributed by atoms with van der Waals surface area (Å²) in [7, 11) is -0.720. The van der Waals surface area contributed by atoms with Gasteiger partial charge in [0, 0.05) is 19.0 Å². The minimum absolute atomic E-state index is 0.0989. The van der Waals surface area contributed by atoms with Crippen molar-refractivity contribution in [1.82, 2.24) is 10.6 Å². The van der Waals surface area contributed by atoms with E-state index in [9.17, 15) is 14.8 Å². The first-order valence-electron chi connectivity index (χ1n) is 15.7. The van der Waals surface area contributed by atoms with Crippen molar-refractivity contribution in [2.24, 2.45) is 22.9 Å². The van der Waals surface area contributed by atoms with Crippen LogP contribution in [0.5, 0.6) is 5.75 Å². The summed E-state index contributed by atoms with van der Waals surface area (Å²) in [4.78, 5) is 25.3. The molecule has 1 aromatic carbocycles. The highest BCUT2D eigenvalue weighted by Gasteiger charge is 2.49.